The van der Waals surface area contributed by atoms with Gasteiger partial charge in [-0.25, -0.2) is 0 Å². The summed E-state index contributed by atoms with van der Waals surface area (Å²) in [7, 11) is 0. The zero-order valence-electron chi connectivity index (χ0n) is 10.8. The van der Waals surface area contributed by atoms with E-state index in [1.54, 1.807) is 0 Å². The van der Waals surface area contributed by atoms with Crippen molar-refractivity contribution in [1.82, 2.24) is 0 Å². The average molecular weight is 168 g/mol. The summed E-state index contributed by atoms with van der Waals surface area (Å²) in [6.45, 7) is 8.14. The second-order valence-corrected chi connectivity index (χ2v) is 2.72. The lowest BCUT2D eigenvalue weighted by Gasteiger charge is -2.07. The molecule has 0 nitrogen and oxygen atoms in total. The van der Waals surface area contributed by atoms with Crippen LogP contribution in [-0.4, -0.2) is 0 Å². The van der Waals surface area contributed by atoms with E-state index in [1.807, 2.05) is 13.8 Å². The van der Waals surface area contributed by atoms with Gasteiger partial charge in [-0.15, -0.1) is 0 Å². The SMILES string of the molecule is [2H]C(CC)=C(CC)C(CC)=C([2H])CC. The molecule has 0 aliphatic rings. The molecule has 0 fully saturated rings. The highest BCUT2D eigenvalue weighted by molar-refractivity contribution is 5.30. The highest BCUT2D eigenvalue weighted by Crippen LogP contribution is 2.18. The zero-order chi connectivity index (χ0) is 11.1. The highest BCUT2D eigenvalue weighted by Gasteiger charge is 1.98. The third kappa shape index (κ3) is 3.75. The van der Waals surface area contributed by atoms with Crippen molar-refractivity contribution in [2.75, 3.05) is 0 Å². The minimum absolute atomic E-state index is 0.697. The lowest BCUT2D eigenvalue weighted by Crippen LogP contribution is -1.87. The first-order chi connectivity index (χ1) is 6.62. The van der Waals surface area contributed by atoms with Gasteiger partial charge in [-0.05, 0) is 36.8 Å². The lowest BCUT2D eigenvalue weighted by atomic mass is 9.99. The molecule has 0 heterocycles. The van der Waals surface area contributed by atoms with Crippen molar-refractivity contribution in [3.63, 3.8) is 0 Å². The minimum atomic E-state index is 0.697. The molecule has 0 saturated carbocycles. The van der Waals surface area contributed by atoms with Gasteiger partial charge >= 0.3 is 0 Å². The maximum absolute atomic E-state index is 7.84. The Morgan fingerprint density at radius 2 is 1.25 bits per heavy atom. The first-order valence-electron chi connectivity index (χ1n) is 5.99. The van der Waals surface area contributed by atoms with Crippen molar-refractivity contribution in [1.29, 1.82) is 0 Å². The normalized spacial score (nSPS) is 17.7. The number of hydrogen-bond donors (Lipinski definition) is 0. The number of rotatable bonds is 5. The molecule has 0 heteroatoms. The van der Waals surface area contributed by atoms with Gasteiger partial charge in [0.2, 0.25) is 0 Å². The van der Waals surface area contributed by atoms with E-state index in [1.165, 1.54) is 0 Å². The third-order valence-electron chi connectivity index (χ3n) is 1.85. The van der Waals surface area contributed by atoms with Crippen molar-refractivity contribution in [2.24, 2.45) is 0 Å². The largest absolute Gasteiger partial charge is 0.0813 e. The van der Waals surface area contributed by atoms with Crippen LogP contribution in [0.5, 0.6) is 0 Å². The van der Waals surface area contributed by atoms with Crippen molar-refractivity contribution < 1.29 is 2.74 Å². The molecule has 0 radical (unpaired) electrons. The van der Waals surface area contributed by atoms with E-state index in [4.69, 9.17) is 2.74 Å². The molecular formula is C12H22. The van der Waals surface area contributed by atoms with E-state index < -0.39 is 0 Å². The molecule has 0 unspecified atom stereocenters. The maximum Gasteiger partial charge on any atom is 0.0579 e. The summed E-state index contributed by atoms with van der Waals surface area (Å²) in [5, 5.41) is 0. The van der Waals surface area contributed by atoms with Gasteiger partial charge in [0.05, 0.1) is 2.74 Å². The summed E-state index contributed by atoms with van der Waals surface area (Å²) >= 11 is 0. The van der Waals surface area contributed by atoms with Crippen molar-refractivity contribution in [2.45, 2.75) is 53.4 Å². The average Bonchev–Trinajstić information content (AvgIpc) is 2.23. The van der Waals surface area contributed by atoms with Crippen molar-refractivity contribution in [3.05, 3.63) is 23.3 Å². The highest BCUT2D eigenvalue weighted by atomic mass is 14.0. The molecular weight excluding hydrogens is 144 g/mol. The van der Waals surface area contributed by atoms with Gasteiger partial charge in [0.15, 0.2) is 0 Å². The molecule has 70 valence electrons. The quantitative estimate of drug-likeness (QED) is 0.531. The van der Waals surface area contributed by atoms with Gasteiger partial charge in [0.25, 0.3) is 0 Å². The molecule has 0 aliphatic carbocycles. The molecule has 0 aromatic carbocycles. The molecule has 0 aromatic heterocycles. The van der Waals surface area contributed by atoms with Gasteiger partial charge < -0.3 is 0 Å². The van der Waals surface area contributed by atoms with Gasteiger partial charge in [0, 0.05) is 0 Å². The summed E-state index contributed by atoms with van der Waals surface area (Å²) < 4.78 is 15.7. The Hall–Kier alpha value is -0.520. The second kappa shape index (κ2) is 7.15. The molecule has 0 N–H and O–H groups in total. The predicted molar refractivity (Wildman–Crippen MR) is 57.3 cm³/mol. The predicted octanol–water partition coefficient (Wildman–Crippen LogP) is 4.48. The molecule has 0 atom stereocenters. The summed E-state index contributed by atoms with van der Waals surface area (Å²) in [6.07, 6.45) is 3.28. The van der Waals surface area contributed by atoms with E-state index in [9.17, 15) is 0 Å². The number of hydrogen-bond acceptors (Lipinski definition) is 0. The fourth-order valence-corrected chi connectivity index (χ4v) is 1.32. The maximum atomic E-state index is 7.84. The topological polar surface area (TPSA) is 0 Å². The summed E-state index contributed by atoms with van der Waals surface area (Å²) in [4.78, 5) is 0. The van der Waals surface area contributed by atoms with E-state index in [0.717, 1.165) is 36.8 Å². The van der Waals surface area contributed by atoms with Crippen LogP contribution in [0.15, 0.2) is 23.3 Å². The van der Waals surface area contributed by atoms with Crippen LogP contribution in [0.4, 0.5) is 0 Å². The van der Waals surface area contributed by atoms with Crippen LogP contribution in [0.1, 0.15) is 56.1 Å². The first kappa shape index (κ1) is 8.10. The van der Waals surface area contributed by atoms with Crippen LogP contribution in [0.2, 0.25) is 0 Å². The molecule has 0 rings (SSSR count). The molecule has 0 bridgehead atoms. The van der Waals surface area contributed by atoms with Gasteiger partial charge in [-0.1, -0.05) is 39.8 Å². The molecule has 0 saturated heterocycles. The van der Waals surface area contributed by atoms with Gasteiger partial charge in [-0.3, -0.25) is 0 Å². The van der Waals surface area contributed by atoms with Crippen molar-refractivity contribution in [3.8, 4) is 0 Å². The van der Waals surface area contributed by atoms with E-state index >= 15 is 0 Å². The lowest BCUT2D eigenvalue weighted by molar-refractivity contribution is 0.985. The van der Waals surface area contributed by atoms with Gasteiger partial charge in [0.1, 0.15) is 0 Å². The molecule has 0 aliphatic heterocycles. The van der Waals surface area contributed by atoms with E-state index in [0.29, 0.717) is 12.1 Å². The van der Waals surface area contributed by atoms with Crippen LogP contribution in [0, 0.1) is 0 Å². The fraction of sp³-hybridized carbons (Fsp3) is 0.667. The number of allylic oxidation sites excluding steroid dienone is 4. The summed E-state index contributed by atoms with van der Waals surface area (Å²) in [5.41, 5.74) is 2.17. The Morgan fingerprint density at radius 3 is 1.42 bits per heavy atom. The minimum Gasteiger partial charge on any atom is -0.0813 e. The Balaban J connectivity index is 5.19. The third-order valence-corrected chi connectivity index (χ3v) is 1.85. The van der Waals surface area contributed by atoms with Crippen LogP contribution < -0.4 is 0 Å². The molecule has 0 amide bonds. The van der Waals surface area contributed by atoms with E-state index in [2.05, 4.69) is 13.8 Å². The molecule has 12 heavy (non-hydrogen) atoms. The van der Waals surface area contributed by atoms with Gasteiger partial charge in [-0.2, -0.15) is 0 Å². The Kier molecular flexibility index (Phi) is 4.82. The molecule has 0 aromatic rings. The second-order valence-electron chi connectivity index (χ2n) is 2.72. The van der Waals surface area contributed by atoms with Crippen LogP contribution in [0.3, 0.4) is 0 Å². The Morgan fingerprint density at radius 1 is 0.917 bits per heavy atom. The van der Waals surface area contributed by atoms with Crippen molar-refractivity contribution >= 4 is 0 Å². The summed E-state index contributed by atoms with van der Waals surface area (Å²) in [6, 6.07) is 1.39. The molecule has 0 spiro atoms. The fourth-order valence-electron chi connectivity index (χ4n) is 1.32. The smallest absolute Gasteiger partial charge is 0.0579 e. The Labute approximate surface area is 80.2 Å². The standard InChI is InChI=1S/C12H22/c1-5-9-11(7-3)12(8-4)10-6-2/h9-10H,5-8H2,1-4H3/i9D,10D. The van der Waals surface area contributed by atoms with E-state index in [-0.39, 0.29) is 0 Å². The summed E-state index contributed by atoms with van der Waals surface area (Å²) in [5.74, 6) is 0. The monoisotopic (exact) mass is 168 g/mol. The first-order valence-corrected chi connectivity index (χ1v) is 4.99. The Bertz CT molecular complexity index is 211. The van der Waals surface area contributed by atoms with Crippen LogP contribution >= 0.6 is 0 Å². The van der Waals surface area contributed by atoms with Crippen LogP contribution in [0.25, 0.3) is 0 Å². The zero-order valence-corrected chi connectivity index (χ0v) is 8.83. The van der Waals surface area contributed by atoms with Crippen LogP contribution in [-0.2, 0) is 0 Å².